The zero-order chi connectivity index (χ0) is 18.2. The molecule has 0 bridgehead atoms. The molecule has 0 N–H and O–H groups in total. The molecule has 0 fully saturated rings. The van der Waals surface area contributed by atoms with E-state index in [0.29, 0.717) is 11.1 Å². The van der Waals surface area contributed by atoms with E-state index in [0.717, 1.165) is 12.1 Å². The van der Waals surface area contributed by atoms with E-state index >= 15 is 0 Å². The van der Waals surface area contributed by atoms with Gasteiger partial charge in [-0.3, -0.25) is 4.79 Å². The van der Waals surface area contributed by atoms with Crippen molar-refractivity contribution in [1.29, 1.82) is 0 Å². The average Bonchev–Trinajstić information content (AvgIpc) is 2.59. The fourth-order valence-corrected chi connectivity index (χ4v) is 2.83. The molecule has 25 heavy (non-hydrogen) atoms. The summed E-state index contributed by atoms with van der Waals surface area (Å²) in [6.45, 7) is 0. The van der Waals surface area contributed by atoms with Gasteiger partial charge in [0.15, 0.2) is 5.78 Å². The van der Waals surface area contributed by atoms with Crippen molar-refractivity contribution in [1.82, 2.24) is 0 Å². The van der Waals surface area contributed by atoms with Crippen molar-refractivity contribution in [2.75, 3.05) is 7.11 Å². The van der Waals surface area contributed by atoms with Crippen LogP contribution in [-0.4, -0.2) is 21.3 Å². The summed E-state index contributed by atoms with van der Waals surface area (Å²) in [4.78, 5) is 24.0. The second kappa shape index (κ2) is 6.14. The molecule has 128 valence electrons. The minimum Gasteiger partial charge on any atom is -0.497 e. The van der Waals surface area contributed by atoms with Crippen LogP contribution in [0.25, 0.3) is 11.0 Å². The first-order chi connectivity index (χ1) is 11.8. The van der Waals surface area contributed by atoms with Crippen LogP contribution in [0.15, 0.2) is 62.6 Å². The summed E-state index contributed by atoms with van der Waals surface area (Å²) < 4.78 is 45.2. The largest absolute Gasteiger partial charge is 0.497 e. The van der Waals surface area contributed by atoms with Gasteiger partial charge in [-0.15, -0.1) is 3.89 Å². The predicted molar refractivity (Wildman–Crippen MR) is 87.2 cm³/mol. The van der Waals surface area contributed by atoms with Gasteiger partial charge >= 0.3 is 15.8 Å². The van der Waals surface area contributed by atoms with E-state index in [1.54, 1.807) is 12.1 Å². The summed E-state index contributed by atoms with van der Waals surface area (Å²) >= 11 is 0. The van der Waals surface area contributed by atoms with Gasteiger partial charge in [0.2, 0.25) is 0 Å². The quantitative estimate of drug-likeness (QED) is 0.403. The highest BCUT2D eigenvalue weighted by Gasteiger charge is 2.19. The Bertz CT molecular complexity index is 1150. The van der Waals surface area contributed by atoms with Crippen molar-refractivity contribution >= 4 is 27.0 Å². The first-order valence-corrected chi connectivity index (χ1v) is 8.39. The maximum atomic E-state index is 13.1. The molecular weight excluding hydrogens is 351 g/mol. The Balaban J connectivity index is 2.11. The number of hydrogen-bond donors (Lipinski definition) is 0. The number of carbonyl (C=O) groups is 1. The van der Waals surface area contributed by atoms with Gasteiger partial charge in [-0.1, -0.05) is 12.1 Å². The smallest absolute Gasteiger partial charge is 0.347 e. The molecule has 0 spiro atoms. The van der Waals surface area contributed by atoms with Crippen molar-refractivity contribution in [3.63, 3.8) is 0 Å². The Morgan fingerprint density at radius 2 is 1.88 bits per heavy atom. The number of carbonyl (C=O) groups excluding carboxylic acids is 1. The van der Waals surface area contributed by atoms with E-state index in [-0.39, 0.29) is 16.7 Å². The van der Waals surface area contributed by atoms with E-state index in [2.05, 4.69) is 0 Å². The van der Waals surface area contributed by atoms with Gasteiger partial charge in [-0.05, 0) is 30.3 Å². The fraction of sp³-hybridized carbons (Fsp3) is 0.0588. The zero-order valence-electron chi connectivity index (χ0n) is 12.9. The second-order valence-electron chi connectivity index (χ2n) is 5.15. The van der Waals surface area contributed by atoms with E-state index in [9.17, 15) is 21.9 Å². The van der Waals surface area contributed by atoms with Crippen molar-refractivity contribution in [3.8, 4) is 5.75 Å². The molecule has 0 aliphatic carbocycles. The van der Waals surface area contributed by atoms with E-state index in [1.807, 2.05) is 0 Å². The molecular formula is C17H11FO6S. The second-order valence-corrected chi connectivity index (χ2v) is 6.49. The zero-order valence-corrected chi connectivity index (χ0v) is 13.7. The average molecular weight is 362 g/mol. The minimum atomic E-state index is -4.96. The lowest BCUT2D eigenvalue weighted by Gasteiger charge is -2.05. The van der Waals surface area contributed by atoms with E-state index in [1.165, 1.54) is 31.4 Å². The van der Waals surface area contributed by atoms with Crippen molar-refractivity contribution in [3.05, 3.63) is 70.1 Å². The van der Waals surface area contributed by atoms with Crippen molar-refractivity contribution in [2.45, 2.75) is 4.90 Å². The number of rotatable bonds is 4. The van der Waals surface area contributed by atoms with Gasteiger partial charge in [-0.25, -0.2) is 4.79 Å². The Morgan fingerprint density at radius 3 is 2.56 bits per heavy atom. The highest BCUT2D eigenvalue weighted by atomic mass is 32.3. The molecule has 0 saturated heterocycles. The summed E-state index contributed by atoms with van der Waals surface area (Å²) in [7, 11) is -3.50. The first kappa shape index (κ1) is 16.8. The molecule has 0 saturated carbocycles. The predicted octanol–water partition coefficient (Wildman–Crippen LogP) is 2.69. The number of fused-ring (bicyclic) bond motifs is 1. The fourth-order valence-electron chi connectivity index (χ4n) is 2.32. The molecule has 0 aliphatic rings. The number of ketones is 1. The van der Waals surface area contributed by atoms with Crippen LogP contribution in [0.1, 0.15) is 15.9 Å². The minimum absolute atomic E-state index is 0.140. The van der Waals surface area contributed by atoms with E-state index in [4.69, 9.17) is 9.15 Å². The van der Waals surface area contributed by atoms with Crippen LogP contribution < -0.4 is 10.4 Å². The van der Waals surface area contributed by atoms with Crippen LogP contribution in [0.5, 0.6) is 5.75 Å². The van der Waals surface area contributed by atoms with Crippen LogP contribution in [0.3, 0.4) is 0 Å². The van der Waals surface area contributed by atoms with Gasteiger partial charge in [0.1, 0.15) is 16.9 Å². The van der Waals surface area contributed by atoms with Crippen LogP contribution in [0, 0.1) is 0 Å². The number of halogens is 1. The third-order valence-corrected chi connectivity index (χ3v) is 4.38. The topological polar surface area (TPSA) is 90.7 Å². The highest BCUT2D eigenvalue weighted by molar-refractivity contribution is 7.86. The summed E-state index contributed by atoms with van der Waals surface area (Å²) in [5.74, 6) is -0.285. The normalized spacial score (nSPS) is 11.4. The van der Waals surface area contributed by atoms with Crippen LogP contribution in [0.4, 0.5) is 3.89 Å². The first-order valence-electron chi connectivity index (χ1n) is 7.01. The molecule has 2 aromatic carbocycles. The monoisotopic (exact) mass is 362 g/mol. The molecule has 3 aromatic rings. The summed E-state index contributed by atoms with van der Waals surface area (Å²) in [6.07, 6.45) is 0. The standard InChI is InChI=1S/C17H11FO6S/c1-23-12-6-5-10-8-14(17(20)24-15(10)9-12)16(19)11-3-2-4-13(7-11)25(18,21)22/h2-9H,1H3. The lowest BCUT2D eigenvalue weighted by Crippen LogP contribution is -2.15. The molecule has 0 radical (unpaired) electrons. The van der Waals surface area contributed by atoms with Gasteiger partial charge < -0.3 is 9.15 Å². The third kappa shape index (κ3) is 3.29. The van der Waals surface area contributed by atoms with Gasteiger partial charge in [0, 0.05) is 17.0 Å². The molecule has 1 aromatic heterocycles. The van der Waals surface area contributed by atoms with E-state index < -0.39 is 26.5 Å². The summed E-state index contributed by atoms with van der Waals surface area (Å²) in [6, 6.07) is 10.5. The molecule has 1 heterocycles. The Hall–Kier alpha value is -3.00. The molecule has 0 atom stereocenters. The lowest BCUT2D eigenvalue weighted by atomic mass is 10.0. The lowest BCUT2D eigenvalue weighted by molar-refractivity contribution is 0.103. The number of ether oxygens (including phenoxy) is 1. The van der Waals surface area contributed by atoms with Crippen LogP contribution >= 0.6 is 0 Å². The molecule has 8 heteroatoms. The molecule has 6 nitrogen and oxygen atoms in total. The van der Waals surface area contributed by atoms with Gasteiger partial charge in [0.05, 0.1) is 12.0 Å². The van der Waals surface area contributed by atoms with Crippen molar-refractivity contribution < 1.29 is 26.3 Å². The number of methoxy groups -OCH3 is 1. The summed E-state index contributed by atoms with van der Waals surface area (Å²) in [5.41, 5.74) is -1.08. The maximum absolute atomic E-state index is 13.1. The Kier molecular flexibility index (Phi) is 4.13. The van der Waals surface area contributed by atoms with Gasteiger partial charge in [-0.2, -0.15) is 8.42 Å². The molecule has 0 unspecified atom stereocenters. The van der Waals surface area contributed by atoms with Crippen molar-refractivity contribution in [2.24, 2.45) is 0 Å². The van der Waals surface area contributed by atoms with Crippen LogP contribution in [-0.2, 0) is 10.2 Å². The number of hydrogen-bond acceptors (Lipinski definition) is 6. The molecule has 0 amide bonds. The Labute approximate surface area is 141 Å². The number of benzene rings is 2. The molecule has 3 rings (SSSR count). The third-order valence-electron chi connectivity index (χ3n) is 3.57. The molecule has 0 aliphatic heterocycles. The Morgan fingerprint density at radius 1 is 1.12 bits per heavy atom. The maximum Gasteiger partial charge on any atom is 0.347 e. The van der Waals surface area contributed by atoms with Crippen LogP contribution in [0.2, 0.25) is 0 Å². The highest BCUT2D eigenvalue weighted by Crippen LogP contribution is 2.22. The SMILES string of the molecule is COc1ccc2cc(C(=O)c3cccc(S(=O)(=O)F)c3)c(=O)oc2c1. The van der Waals surface area contributed by atoms with Gasteiger partial charge in [0.25, 0.3) is 0 Å². The summed E-state index contributed by atoms with van der Waals surface area (Å²) in [5, 5.41) is 0.484.